The van der Waals surface area contributed by atoms with Crippen molar-refractivity contribution >= 4 is 27.7 Å². The minimum absolute atomic E-state index is 0.831. The van der Waals surface area contributed by atoms with Crippen LogP contribution in [0.1, 0.15) is 30.9 Å². The predicted molar refractivity (Wildman–Crippen MR) is 78.8 cm³/mol. The second-order valence-electron chi connectivity index (χ2n) is 4.49. The number of benzene rings is 1. The van der Waals surface area contributed by atoms with Gasteiger partial charge in [0.15, 0.2) is 0 Å². The molecule has 0 radical (unpaired) electrons. The van der Waals surface area contributed by atoms with Gasteiger partial charge >= 0.3 is 0 Å². The van der Waals surface area contributed by atoms with Gasteiger partial charge in [-0.3, -0.25) is 0 Å². The van der Waals surface area contributed by atoms with Crippen molar-refractivity contribution in [2.24, 2.45) is 5.92 Å². The third kappa shape index (κ3) is 4.92. The molecule has 0 fully saturated rings. The van der Waals surface area contributed by atoms with E-state index in [0.717, 1.165) is 11.2 Å². The zero-order chi connectivity index (χ0) is 12.0. The van der Waals surface area contributed by atoms with Gasteiger partial charge in [0.2, 0.25) is 0 Å². The number of halogens is 1. The van der Waals surface area contributed by atoms with E-state index in [1.807, 2.05) is 11.8 Å². The van der Waals surface area contributed by atoms with Crippen molar-refractivity contribution in [1.82, 2.24) is 0 Å². The van der Waals surface area contributed by atoms with E-state index < -0.39 is 0 Å². The molecule has 16 heavy (non-hydrogen) atoms. The van der Waals surface area contributed by atoms with Crippen LogP contribution in [0.2, 0.25) is 0 Å². The molecule has 0 aliphatic rings. The standard InChI is InChI=1S/C14H21BrS/c1-11(6-8-15)7-9-16-14-5-4-12(2)10-13(14)3/h4-5,10-11H,6-9H2,1-3H3. The molecule has 2 heteroatoms. The Balaban J connectivity index is 2.37. The molecular weight excluding hydrogens is 280 g/mol. The van der Waals surface area contributed by atoms with Gasteiger partial charge in [0.05, 0.1) is 0 Å². The first-order chi connectivity index (χ1) is 7.63. The molecule has 1 unspecified atom stereocenters. The average Bonchev–Trinajstić information content (AvgIpc) is 2.22. The Morgan fingerprint density at radius 3 is 2.62 bits per heavy atom. The summed E-state index contributed by atoms with van der Waals surface area (Å²) in [7, 11) is 0. The zero-order valence-electron chi connectivity index (χ0n) is 10.4. The Bertz CT molecular complexity index is 323. The summed E-state index contributed by atoms with van der Waals surface area (Å²) in [6.07, 6.45) is 2.59. The van der Waals surface area contributed by atoms with E-state index in [-0.39, 0.29) is 0 Å². The number of thioether (sulfide) groups is 1. The quantitative estimate of drug-likeness (QED) is 0.513. The van der Waals surface area contributed by atoms with Crippen molar-refractivity contribution < 1.29 is 0 Å². The highest BCUT2D eigenvalue weighted by Gasteiger charge is 2.03. The summed E-state index contributed by atoms with van der Waals surface area (Å²) in [5.41, 5.74) is 2.77. The lowest BCUT2D eigenvalue weighted by Gasteiger charge is -2.10. The molecule has 0 spiro atoms. The van der Waals surface area contributed by atoms with Gasteiger partial charge in [0, 0.05) is 10.2 Å². The molecule has 0 aliphatic heterocycles. The van der Waals surface area contributed by atoms with Crippen LogP contribution in [-0.4, -0.2) is 11.1 Å². The molecule has 0 nitrogen and oxygen atoms in total. The van der Waals surface area contributed by atoms with Crippen LogP contribution in [-0.2, 0) is 0 Å². The second-order valence-corrected chi connectivity index (χ2v) is 6.42. The van der Waals surface area contributed by atoms with Crippen molar-refractivity contribution in [3.8, 4) is 0 Å². The summed E-state index contributed by atoms with van der Waals surface area (Å²) < 4.78 is 0. The second kappa shape index (κ2) is 7.39. The van der Waals surface area contributed by atoms with Crippen molar-refractivity contribution in [2.45, 2.75) is 38.5 Å². The topological polar surface area (TPSA) is 0 Å². The van der Waals surface area contributed by atoms with Crippen LogP contribution in [0.15, 0.2) is 23.1 Å². The van der Waals surface area contributed by atoms with Crippen LogP contribution in [0.25, 0.3) is 0 Å². The van der Waals surface area contributed by atoms with Crippen LogP contribution in [0.3, 0.4) is 0 Å². The van der Waals surface area contributed by atoms with Gasteiger partial charge in [-0.05, 0) is 50.0 Å². The van der Waals surface area contributed by atoms with E-state index in [9.17, 15) is 0 Å². The number of rotatable bonds is 6. The third-order valence-corrected chi connectivity index (χ3v) is 4.47. The fourth-order valence-corrected chi connectivity index (χ4v) is 3.63. The van der Waals surface area contributed by atoms with Gasteiger partial charge in [-0.1, -0.05) is 40.5 Å². The Kier molecular flexibility index (Phi) is 6.52. The number of alkyl halides is 1. The molecule has 0 aliphatic carbocycles. The first-order valence-corrected chi connectivity index (χ1v) is 8.00. The normalized spacial score (nSPS) is 12.8. The first-order valence-electron chi connectivity index (χ1n) is 5.89. The number of hydrogen-bond donors (Lipinski definition) is 0. The molecule has 0 saturated carbocycles. The van der Waals surface area contributed by atoms with Gasteiger partial charge < -0.3 is 0 Å². The van der Waals surface area contributed by atoms with Gasteiger partial charge in [0.25, 0.3) is 0 Å². The van der Waals surface area contributed by atoms with E-state index in [2.05, 4.69) is 54.9 Å². The van der Waals surface area contributed by atoms with Crippen LogP contribution in [0.4, 0.5) is 0 Å². The third-order valence-electron chi connectivity index (χ3n) is 2.80. The van der Waals surface area contributed by atoms with Crippen molar-refractivity contribution in [3.63, 3.8) is 0 Å². The highest BCUT2D eigenvalue weighted by molar-refractivity contribution is 9.09. The van der Waals surface area contributed by atoms with Crippen LogP contribution in [0.5, 0.6) is 0 Å². The summed E-state index contributed by atoms with van der Waals surface area (Å²) >= 11 is 5.49. The SMILES string of the molecule is Cc1ccc(SCCC(C)CCBr)c(C)c1. The molecule has 1 rings (SSSR count). The Morgan fingerprint density at radius 2 is 2.00 bits per heavy atom. The fraction of sp³-hybridized carbons (Fsp3) is 0.571. The van der Waals surface area contributed by atoms with Crippen molar-refractivity contribution in [2.75, 3.05) is 11.1 Å². The lowest BCUT2D eigenvalue weighted by molar-refractivity contribution is 0.555. The van der Waals surface area contributed by atoms with E-state index >= 15 is 0 Å². The number of aryl methyl sites for hydroxylation is 2. The smallest absolute Gasteiger partial charge is 0.0101 e. The van der Waals surface area contributed by atoms with Crippen molar-refractivity contribution in [1.29, 1.82) is 0 Å². The number of hydrogen-bond acceptors (Lipinski definition) is 1. The van der Waals surface area contributed by atoms with E-state index in [4.69, 9.17) is 0 Å². The molecular formula is C14H21BrS. The highest BCUT2D eigenvalue weighted by atomic mass is 79.9. The fourth-order valence-electron chi connectivity index (χ4n) is 1.66. The molecule has 1 atom stereocenters. The largest absolute Gasteiger partial charge is 0.126 e. The summed E-state index contributed by atoms with van der Waals surface area (Å²) in [5.74, 6) is 2.07. The minimum Gasteiger partial charge on any atom is -0.126 e. The summed E-state index contributed by atoms with van der Waals surface area (Å²) in [6, 6.07) is 6.73. The Morgan fingerprint density at radius 1 is 1.25 bits per heavy atom. The maximum atomic E-state index is 3.50. The molecule has 90 valence electrons. The summed E-state index contributed by atoms with van der Waals surface area (Å²) in [6.45, 7) is 6.70. The molecule has 1 aromatic rings. The molecule has 0 heterocycles. The molecule has 0 amide bonds. The molecule has 0 bridgehead atoms. The minimum atomic E-state index is 0.831. The first kappa shape index (κ1) is 14.1. The van der Waals surface area contributed by atoms with Crippen LogP contribution < -0.4 is 0 Å². The predicted octanol–water partition coefficient (Wildman–Crippen LogP) is 5.21. The zero-order valence-corrected chi connectivity index (χ0v) is 12.8. The summed E-state index contributed by atoms with van der Waals surface area (Å²) in [4.78, 5) is 1.44. The average molecular weight is 301 g/mol. The monoisotopic (exact) mass is 300 g/mol. The van der Waals surface area contributed by atoms with Gasteiger partial charge in [0.1, 0.15) is 0 Å². The van der Waals surface area contributed by atoms with Gasteiger partial charge in [-0.15, -0.1) is 11.8 Å². The molecule has 0 N–H and O–H groups in total. The Labute approximate surface area is 112 Å². The maximum Gasteiger partial charge on any atom is 0.0101 e. The summed E-state index contributed by atoms with van der Waals surface area (Å²) in [5, 5.41) is 1.13. The molecule has 0 aromatic heterocycles. The molecule has 1 aromatic carbocycles. The van der Waals surface area contributed by atoms with E-state index in [1.54, 1.807) is 0 Å². The maximum absolute atomic E-state index is 3.50. The molecule has 0 saturated heterocycles. The Hall–Kier alpha value is 0.0500. The van der Waals surface area contributed by atoms with Crippen LogP contribution >= 0.6 is 27.7 Å². The van der Waals surface area contributed by atoms with Gasteiger partial charge in [-0.25, -0.2) is 0 Å². The van der Waals surface area contributed by atoms with Crippen molar-refractivity contribution in [3.05, 3.63) is 29.3 Å². The highest BCUT2D eigenvalue weighted by Crippen LogP contribution is 2.25. The van der Waals surface area contributed by atoms with Crippen LogP contribution in [0, 0.1) is 19.8 Å². The van der Waals surface area contributed by atoms with E-state index in [1.165, 1.54) is 34.6 Å². The lowest BCUT2D eigenvalue weighted by atomic mass is 10.1. The van der Waals surface area contributed by atoms with E-state index in [0.29, 0.717) is 0 Å². The van der Waals surface area contributed by atoms with Gasteiger partial charge in [-0.2, -0.15) is 0 Å². The lowest BCUT2D eigenvalue weighted by Crippen LogP contribution is -1.97.